The molecular weight excluding hydrogens is 446 g/mol. The summed E-state index contributed by atoms with van der Waals surface area (Å²) in [6, 6.07) is 9.76. The summed E-state index contributed by atoms with van der Waals surface area (Å²) in [5.41, 5.74) is 2.81. The number of hydrogen-bond donors (Lipinski definition) is 2. The molecule has 1 saturated heterocycles. The first-order valence-electron chi connectivity index (χ1n) is 10.7. The third-order valence-electron chi connectivity index (χ3n) is 5.29. The number of nitrogens with zero attached hydrogens (tertiary/aromatic N) is 1. The summed E-state index contributed by atoms with van der Waals surface area (Å²) in [5.74, 6) is -0.633. The van der Waals surface area contributed by atoms with Gasteiger partial charge in [0.15, 0.2) is 0 Å². The monoisotopic (exact) mass is 475 g/mol. The van der Waals surface area contributed by atoms with Crippen LogP contribution in [0.5, 0.6) is 5.75 Å². The molecule has 0 aromatic heterocycles. The number of amides is 2. The number of sulfonamides is 1. The van der Waals surface area contributed by atoms with Crippen LogP contribution in [0.2, 0.25) is 0 Å². The Morgan fingerprint density at radius 1 is 1.06 bits per heavy atom. The lowest BCUT2D eigenvalue weighted by Gasteiger charge is -2.27. The summed E-state index contributed by atoms with van der Waals surface area (Å²) < 4.78 is 38.4. The van der Waals surface area contributed by atoms with Gasteiger partial charge in [0, 0.05) is 24.3 Å². The average molecular weight is 476 g/mol. The molecule has 178 valence electrons. The molecule has 0 unspecified atom stereocenters. The van der Waals surface area contributed by atoms with Crippen molar-refractivity contribution in [2.24, 2.45) is 0 Å². The van der Waals surface area contributed by atoms with Crippen LogP contribution in [0.4, 0.5) is 5.69 Å². The van der Waals surface area contributed by atoms with Gasteiger partial charge < -0.3 is 20.1 Å². The molecule has 1 heterocycles. The SMILES string of the molecule is CCOc1ccc(NC(=O)CNC(=O)c2ccc(C)c(C)c2)cc1S(=O)(=O)N1CCOCC1. The number of carbonyl (C=O) groups excluding carboxylic acids is 2. The number of anilines is 1. The first kappa shape index (κ1) is 24.7. The van der Waals surface area contributed by atoms with Gasteiger partial charge in [0.2, 0.25) is 15.9 Å². The Bertz CT molecular complexity index is 1130. The molecule has 0 aliphatic carbocycles. The molecular formula is C23H29N3O6S. The van der Waals surface area contributed by atoms with E-state index in [-0.39, 0.29) is 41.9 Å². The van der Waals surface area contributed by atoms with Crippen molar-refractivity contribution in [3.8, 4) is 5.75 Å². The fourth-order valence-corrected chi connectivity index (χ4v) is 4.90. The third-order valence-corrected chi connectivity index (χ3v) is 7.21. The van der Waals surface area contributed by atoms with Gasteiger partial charge in [-0.1, -0.05) is 6.07 Å². The molecule has 0 radical (unpaired) electrons. The van der Waals surface area contributed by atoms with E-state index in [1.165, 1.54) is 16.4 Å². The number of carbonyl (C=O) groups is 2. The van der Waals surface area contributed by atoms with Crippen LogP contribution in [0.15, 0.2) is 41.3 Å². The predicted octanol–water partition coefficient (Wildman–Crippen LogP) is 2.09. The summed E-state index contributed by atoms with van der Waals surface area (Å²) in [4.78, 5) is 24.7. The summed E-state index contributed by atoms with van der Waals surface area (Å²) in [6.07, 6.45) is 0. The number of nitrogens with one attached hydrogen (secondary N) is 2. The van der Waals surface area contributed by atoms with E-state index >= 15 is 0 Å². The maximum Gasteiger partial charge on any atom is 0.251 e. The molecule has 0 saturated carbocycles. The van der Waals surface area contributed by atoms with Crippen LogP contribution >= 0.6 is 0 Å². The van der Waals surface area contributed by atoms with Crippen LogP contribution in [-0.2, 0) is 19.6 Å². The van der Waals surface area contributed by atoms with Gasteiger partial charge in [-0.15, -0.1) is 0 Å². The minimum absolute atomic E-state index is 0.0248. The molecule has 2 aromatic carbocycles. The predicted molar refractivity (Wildman–Crippen MR) is 124 cm³/mol. The molecule has 1 fully saturated rings. The fourth-order valence-electron chi connectivity index (χ4n) is 3.34. The number of aryl methyl sites for hydroxylation is 2. The summed E-state index contributed by atoms with van der Waals surface area (Å²) in [5, 5.41) is 5.21. The largest absolute Gasteiger partial charge is 0.492 e. The number of benzene rings is 2. The van der Waals surface area contributed by atoms with Gasteiger partial charge in [0.05, 0.1) is 26.4 Å². The highest BCUT2D eigenvalue weighted by atomic mass is 32.2. The van der Waals surface area contributed by atoms with Gasteiger partial charge in [-0.25, -0.2) is 8.42 Å². The number of morpholine rings is 1. The van der Waals surface area contributed by atoms with Crippen molar-refractivity contribution >= 4 is 27.5 Å². The van der Waals surface area contributed by atoms with Gasteiger partial charge in [-0.3, -0.25) is 9.59 Å². The molecule has 9 nitrogen and oxygen atoms in total. The number of ether oxygens (including phenoxy) is 2. The Kier molecular flexibility index (Phi) is 8.06. The minimum atomic E-state index is -3.84. The first-order valence-corrected chi connectivity index (χ1v) is 12.2. The second-order valence-electron chi connectivity index (χ2n) is 7.64. The van der Waals surface area contributed by atoms with Crippen molar-refractivity contribution in [3.05, 3.63) is 53.1 Å². The molecule has 1 aliphatic rings. The van der Waals surface area contributed by atoms with E-state index in [4.69, 9.17) is 9.47 Å². The highest BCUT2D eigenvalue weighted by Crippen LogP contribution is 2.30. The van der Waals surface area contributed by atoms with E-state index in [1.54, 1.807) is 25.1 Å². The normalized spacial score (nSPS) is 14.5. The summed E-state index contributed by atoms with van der Waals surface area (Å²) in [6.45, 7) is 6.79. The van der Waals surface area contributed by atoms with Crippen LogP contribution in [0.25, 0.3) is 0 Å². The highest BCUT2D eigenvalue weighted by Gasteiger charge is 2.29. The lowest BCUT2D eigenvalue weighted by molar-refractivity contribution is -0.115. The van der Waals surface area contributed by atoms with E-state index in [1.807, 2.05) is 19.9 Å². The second kappa shape index (κ2) is 10.8. The van der Waals surface area contributed by atoms with E-state index in [0.717, 1.165) is 11.1 Å². The van der Waals surface area contributed by atoms with Gasteiger partial charge in [-0.2, -0.15) is 4.31 Å². The van der Waals surface area contributed by atoms with E-state index in [9.17, 15) is 18.0 Å². The van der Waals surface area contributed by atoms with E-state index in [0.29, 0.717) is 25.4 Å². The third kappa shape index (κ3) is 6.10. The lowest BCUT2D eigenvalue weighted by Crippen LogP contribution is -2.40. The van der Waals surface area contributed by atoms with Crippen LogP contribution in [-0.4, -0.2) is 64.0 Å². The quantitative estimate of drug-likeness (QED) is 0.604. The van der Waals surface area contributed by atoms with Crippen molar-refractivity contribution in [1.82, 2.24) is 9.62 Å². The second-order valence-corrected chi connectivity index (χ2v) is 9.55. The molecule has 2 N–H and O–H groups in total. The van der Waals surface area contributed by atoms with Gasteiger partial charge in [0.1, 0.15) is 10.6 Å². The molecule has 3 rings (SSSR count). The van der Waals surface area contributed by atoms with Crippen LogP contribution in [0.1, 0.15) is 28.4 Å². The standard InChI is InChI=1S/C23H29N3O6S/c1-4-32-20-8-7-19(14-21(20)33(29,30)26-9-11-31-12-10-26)25-22(27)15-24-23(28)18-6-5-16(2)17(3)13-18/h5-8,13-14H,4,9-12,15H2,1-3H3,(H,24,28)(H,25,27). The van der Waals surface area contributed by atoms with E-state index < -0.39 is 15.9 Å². The lowest BCUT2D eigenvalue weighted by atomic mass is 10.1. The van der Waals surface area contributed by atoms with Crippen molar-refractivity contribution in [2.75, 3.05) is 44.8 Å². The minimum Gasteiger partial charge on any atom is -0.492 e. The number of rotatable bonds is 8. The fraction of sp³-hybridized carbons (Fsp3) is 0.391. The maximum atomic E-state index is 13.2. The van der Waals surface area contributed by atoms with Crippen molar-refractivity contribution < 1.29 is 27.5 Å². The van der Waals surface area contributed by atoms with Crippen LogP contribution < -0.4 is 15.4 Å². The summed E-state index contributed by atoms with van der Waals surface area (Å²) >= 11 is 0. The molecule has 2 amide bonds. The molecule has 0 atom stereocenters. The van der Waals surface area contributed by atoms with E-state index in [2.05, 4.69) is 10.6 Å². The average Bonchev–Trinajstić information content (AvgIpc) is 2.81. The van der Waals surface area contributed by atoms with Gasteiger partial charge >= 0.3 is 0 Å². The van der Waals surface area contributed by atoms with Crippen molar-refractivity contribution in [1.29, 1.82) is 0 Å². The Labute approximate surface area is 194 Å². The first-order chi connectivity index (χ1) is 15.7. The Balaban J connectivity index is 1.71. The summed E-state index contributed by atoms with van der Waals surface area (Å²) in [7, 11) is -3.84. The van der Waals surface area contributed by atoms with Crippen molar-refractivity contribution in [3.63, 3.8) is 0 Å². The molecule has 2 aromatic rings. The Morgan fingerprint density at radius 3 is 2.45 bits per heavy atom. The molecule has 0 spiro atoms. The van der Waals surface area contributed by atoms with Crippen LogP contribution in [0.3, 0.4) is 0 Å². The topological polar surface area (TPSA) is 114 Å². The molecule has 33 heavy (non-hydrogen) atoms. The Hall–Kier alpha value is -2.95. The zero-order valence-corrected chi connectivity index (χ0v) is 19.8. The number of hydrogen-bond acceptors (Lipinski definition) is 6. The van der Waals surface area contributed by atoms with Gasteiger partial charge in [0.25, 0.3) is 5.91 Å². The Morgan fingerprint density at radius 2 is 1.79 bits per heavy atom. The zero-order valence-electron chi connectivity index (χ0n) is 19.0. The maximum absolute atomic E-state index is 13.2. The zero-order chi connectivity index (χ0) is 24.0. The van der Waals surface area contributed by atoms with Crippen molar-refractivity contribution in [2.45, 2.75) is 25.7 Å². The van der Waals surface area contributed by atoms with Crippen LogP contribution in [0, 0.1) is 13.8 Å². The molecule has 1 aliphatic heterocycles. The molecule has 10 heteroatoms. The highest BCUT2D eigenvalue weighted by molar-refractivity contribution is 7.89. The molecule has 0 bridgehead atoms. The van der Waals surface area contributed by atoms with Gasteiger partial charge in [-0.05, 0) is 62.2 Å². The smallest absolute Gasteiger partial charge is 0.251 e.